The Morgan fingerprint density at radius 1 is 1.06 bits per heavy atom. The second kappa shape index (κ2) is 9.30. The maximum atomic E-state index is 13.3. The highest BCUT2D eigenvalue weighted by atomic mass is 35.5. The van der Waals surface area contributed by atoms with Gasteiger partial charge in [-0.2, -0.15) is 4.98 Å². The molecular weight excluding hydrogens is 442 g/mol. The molecule has 8 nitrogen and oxygen atoms in total. The zero-order valence-corrected chi connectivity index (χ0v) is 19.1. The van der Waals surface area contributed by atoms with E-state index in [1.165, 1.54) is 7.11 Å². The Morgan fingerprint density at radius 2 is 1.82 bits per heavy atom. The van der Waals surface area contributed by atoms with E-state index in [-0.39, 0.29) is 11.8 Å². The fraction of sp³-hybridized carbons (Fsp3) is 0.167. The van der Waals surface area contributed by atoms with Crippen molar-refractivity contribution in [2.45, 2.75) is 13.8 Å². The van der Waals surface area contributed by atoms with Crippen molar-refractivity contribution >= 4 is 45.9 Å². The average Bonchev–Trinajstić information content (AvgIpc) is 2.81. The third-order valence-corrected chi connectivity index (χ3v) is 5.29. The monoisotopic (exact) mass is 463 g/mol. The fourth-order valence-corrected chi connectivity index (χ4v) is 3.46. The third-order valence-electron chi connectivity index (χ3n) is 4.96. The lowest BCUT2D eigenvalue weighted by atomic mass is 10.0. The lowest BCUT2D eigenvalue weighted by Crippen LogP contribution is -2.27. The maximum absolute atomic E-state index is 13.3. The molecule has 0 radical (unpaired) electrons. The number of benzene rings is 2. The number of rotatable bonds is 6. The molecular formula is C24H22ClN5O3. The first kappa shape index (κ1) is 22.3. The predicted molar refractivity (Wildman–Crippen MR) is 130 cm³/mol. The number of hydrogen-bond acceptors (Lipinski definition) is 6. The molecule has 4 aromatic rings. The number of para-hydroxylation sites is 1. The van der Waals surface area contributed by atoms with Crippen LogP contribution >= 0.6 is 11.6 Å². The van der Waals surface area contributed by atoms with Gasteiger partial charge in [0.1, 0.15) is 7.11 Å². The first-order chi connectivity index (χ1) is 15.9. The number of carbonyl (C=O) groups is 1. The van der Waals surface area contributed by atoms with Crippen LogP contribution in [0.15, 0.2) is 65.6 Å². The number of nitrogens with one attached hydrogen (secondary N) is 2. The largest absolute Gasteiger partial charge is 0.412 e. The molecule has 9 heteroatoms. The third kappa shape index (κ3) is 4.65. The zero-order valence-electron chi connectivity index (χ0n) is 18.3. The van der Waals surface area contributed by atoms with Gasteiger partial charge in [-0.1, -0.05) is 43.6 Å². The molecule has 33 heavy (non-hydrogen) atoms. The molecule has 0 saturated heterocycles. The minimum absolute atomic E-state index is 0.136. The zero-order chi connectivity index (χ0) is 23.5. The molecule has 0 bridgehead atoms. The molecule has 0 spiro atoms. The minimum Gasteiger partial charge on any atom is -0.412 e. The molecule has 0 aliphatic rings. The molecule has 0 aliphatic carbocycles. The van der Waals surface area contributed by atoms with Crippen molar-refractivity contribution < 1.29 is 9.63 Å². The number of pyridine rings is 1. The van der Waals surface area contributed by atoms with Gasteiger partial charge in [-0.25, -0.2) is 4.98 Å². The van der Waals surface area contributed by atoms with Crippen LogP contribution in [0, 0.1) is 5.92 Å². The molecule has 0 atom stereocenters. The van der Waals surface area contributed by atoms with E-state index in [2.05, 4.69) is 20.6 Å². The number of anilines is 3. The van der Waals surface area contributed by atoms with Crippen LogP contribution in [-0.4, -0.2) is 27.7 Å². The summed E-state index contributed by atoms with van der Waals surface area (Å²) in [5, 5.41) is 6.87. The molecule has 2 heterocycles. The predicted octanol–water partition coefficient (Wildman–Crippen LogP) is 4.51. The van der Waals surface area contributed by atoms with Crippen LogP contribution in [0.5, 0.6) is 0 Å². The topological polar surface area (TPSA) is 98.1 Å². The number of amides is 1. The average molecular weight is 464 g/mol. The van der Waals surface area contributed by atoms with Crippen molar-refractivity contribution in [1.82, 2.24) is 14.7 Å². The summed E-state index contributed by atoms with van der Waals surface area (Å²) in [5.41, 5.74) is 1.97. The van der Waals surface area contributed by atoms with E-state index in [4.69, 9.17) is 16.4 Å². The van der Waals surface area contributed by atoms with Crippen molar-refractivity contribution in [2.75, 3.05) is 17.7 Å². The van der Waals surface area contributed by atoms with Crippen molar-refractivity contribution in [2.24, 2.45) is 5.92 Å². The van der Waals surface area contributed by atoms with E-state index >= 15 is 0 Å². The van der Waals surface area contributed by atoms with Gasteiger partial charge in [0, 0.05) is 39.5 Å². The SMILES string of the molecule is COn1c(=O)c(-c2cc(NC(=O)C(C)C)ccc2Cl)cc2cnc(Nc3ccccc3)nc21. The molecule has 168 valence electrons. The highest BCUT2D eigenvalue weighted by molar-refractivity contribution is 6.33. The van der Waals surface area contributed by atoms with Gasteiger partial charge in [0.25, 0.3) is 5.56 Å². The molecule has 1 amide bonds. The molecule has 2 N–H and O–H groups in total. The van der Waals surface area contributed by atoms with E-state index in [0.29, 0.717) is 38.8 Å². The smallest absolute Gasteiger partial charge is 0.293 e. The summed E-state index contributed by atoms with van der Waals surface area (Å²) in [7, 11) is 1.39. The molecule has 0 unspecified atom stereocenters. The highest BCUT2D eigenvalue weighted by Crippen LogP contribution is 2.30. The number of halogens is 1. The summed E-state index contributed by atoms with van der Waals surface area (Å²) < 4.78 is 1.10. The summed E-state index contributed by atoms with van der Waals surface area (Å²) >= 11 is 6.42. The van der Waals surface area contributed by atoms with Crippen LogP contribution in [0.25, 0.3) is 22.2 Å². The standard InChI is InChI=1S/C24H22ClN5O3/c1-14(2)22(31)27-17-9-10-20(25)18(12-17)19-11-15-13-26-24(28-16-7-5-4-6-8-16)29-21(15)30(33-3)23(19)32/h4-14H,1-3H3,(H,27,31)(H,26,28,29). The van der Waals surface area contributed by atoms with Crippen molar-refractivity contribution in [3.8, 4) is 11.1 Å². The fourth-order valence-electron chi connectivity index (χ4n) is 3.24. The van der Waals surface area contributed by atoms with E-state index in [1.807, 2.05) is 30.3 Å². The van der Waals surface area contributed by atoms with Gasteiger partial charge >= 0.3 is 0 Å². The van der Waals surface area contributed by atoms with Gasteiger partial charge in [-0.15, -0.1) is 4.73 Å². The summed E-state index contributed by atoms with van der Waals surface area (Å²) in [6, 6.07) is 16.1. The van der Waals surface area contributed by atoms with Gasteiger partial charge in [-0.3, -0.25) is 9.59 Å². The number of nitrogens with zero attached hydrogens (tertiary/aromatic N) is 3. The first-order valence-electron chi connectivity index (χ1n) is 10.3. The molecule has 0 aliphatic heterocycles. The molecule has 2 aromatic heterocycles. The van der Waals surface area contributed by atoms with Crippen molar-refractivity contribution in [3.63, 3.8) is 0 Å². The second-order valence-corrected chi connectivity index (χ2v) is 8.05. The van der Waals surface area contributed by atoms with Gasteiger partial charge < -0.3 is 15.5 Å². The van der Waals surface area contributed by atoms with Gasteiger partial charge in [0.05, 0.1) is 5.56 Å². The van der Waals surface area contributed by atoms with Crippen LogP contribution in [0.1, 0.15) is 13.8 Å². The van der Waals surface area contributed by atoms with Gasteiger partial charge in [-0.05, 0) is 36.4 Å². The van der Waals surface area contributed by atoms with Crippen molar-refractivity contribution in [3.05, 3.63) is 76.2 Å². The summed E-state index contributed by atoms with van der Waals surface area (Å²) in [6.45, 7) is 3.60. The van der Waals surface area contributed by atoms with E-state index in [9.17, 15) is 9.59 Å². The van der Waals surface area contributed by atoms with Crippen LogP contribution in [0.2, 0.25) is 5.02 Å². The summed E-state index contributed by atoms with van der Waals surface area (Å²) in [5.74, 6) is -0.00244. The molecule has 2 aromatic carbocycles. The lowest BCUT2D eigenvalue weighted by Gasteiger charge is -2.14. The number of fused-ring (bicyclic) bond motifs is 1. The van der Waals surface area contributed by atoms with E-state index in [0.717, 1.165) is 10.4 Å². The second-order valence-electron chi connectivity index (χ2n) is 7.64. The van der Waals surface area contributed by atoms with Crippen LogP contribution in [0.3, 0.4) is 0 Å². The van der Waals surface area contributed by atoms with Crippen molar-refractivity contribution in [1.29, 1.82) is 0 Å². The maximum Gasteiger partial charge on any atom is 0.293 e. The Morgan fingerprint density at radius 3 is 2.52 bits per heavy atom. The number of hydrogen-bond donors (Lipinski definition) is 2. The van der Waals surface area contributed by atoms with Crippen LogP contribution in [0.4, 0.5) is 17.3 Å². The number of carbonyl (C=O) groups excluding carboxylic acids is 1. The normalized spacial score (nSPS) is 10.9. The number of aromatic nitrogens is 3. The van der Waals surface area contributed by atoms with Gasteiger partial charge in [0.15, 0.2) is 5.65 Å². The quantitative estimate of drug-likeness (QED) is 0.436. The first-order valence-corrected chi connectivity index (χ1v) is 10.7. The van der Waals surface area contributed by atoms with Crippen LogP contribution in [-0.2, 0) is 4.79 Å². The Balaban J connectivity index is 1.80. The Labute approximate surface area is 195 Å². The molecule has 0 fully saturated rings. The Hall–Kier alpha value is -3.91. The van der Waals surface area contributed by atoms with Crippen LogP contribution < -0.4 is 21.0 Å². The van der Waals surface area contributed by atoms with Gasteiger partial charge in [0.2, 0.25) is 11.9 Å². The molecule has 4 rings (SSSR count). The van der Waals surface area contributed by atoms with E-state index in [1.54, 1.807) is 44.3 Å². The molecule has 0 saturated carbocycles. The van der Waals surface area contributed by atoms with E-state index < -0.39 is 5.56 Å². The minimum atomic E-state index is -0.441. The Kier molecular flexibility index (Phi) is 6.28. The summed E-state index contributed by atoms with van der Waals surface area (Å²) in [4.78, 5) is 39.6. The highest BCUT2D eigenvalue weighted by Gasteiger charge is 2.17. The summed E-state index contributed by atoms with van der Waals surface area (Å²) in [6.07, 6.45) is 1.60. The Bertz CT molecular complexity index is 1390. The lowest BCUT2D eigenvalue weighted by molar-refractivity contribution is -0.118.